The Balaban J connectivity index is 4.43. The van der Waals surface area contributed by atoms with Crippen molar-refractivity contribution >= 4 is 0 Å². The zero-order valence-electron chi connectivity index (χ0n) is 14.1. The highest BCUT2D eigenvalue weighted by Crippen LogP contribution is 2.24. The standard InChI is InChI=1S/C15H35N3O3/c1-5-15(9-19-6-12(2)16,10-20-7-13(3)17)11-21-8-14(4)18/h12-14H,5-11,16-18H2,1-4H3. The number of nitrogens with two attached hydrogens (primary N) is 3. The molecule has 0 aromatic carbocycles. The summed E-state index contributed by atoms with van der Waals surface area (Å²) in [5, 5.41) is 0. The van der Waals surface area contributed by atoms with Crippen LogP contribution < -0.4 is 17.2 Å². The van der Waals surface area contributed by atoms with Crippen LogP contribution in [0.15, 0.2) is 0 Å². The van der Waals surface area contributed by atoms with Gasteiger partial charge in [0.05, 0.1) is 39.6 Å². The lowest BCUT2D eigenvalue weighted by Crippen LogP contribution is -2.40. The van der Waals surface area contributed by atoms with Crippen LogP contribution in [0.25, 0.3) is 0 Å². The van der Waals surface area contributed by atoms with Gasteiger partial charge < -0.3 is 31.4 Å². The second-order valence-electron chi connectivity index (χ2n) is 6.33. The number of ether oxygens (including phenoxy) is 3. The van der Waals surface area contributed by atoms with Gasteiger partial charge in [0.15, 0.2) is 0 Å². The number of hydrogen-bond acceptors (Lipinski definition) is 6. The van der Waals surface area contributed by atoms with Crippen LogP contribution in [0.5, 0.6) is 0 Å². The number of rotatable bonds is 13. The van der Waals surface area contributed by atoms with E-state index in [1.165, 1.54) is 0 Å². The number of hydrogen-bond donors (Lipinski definition) is 3. The molecular formula is C15H35N3O3. The predicted octanol–water partition coefficient (Wildman–Crippen LogP) is 0.474. The van der Waals surface area contributed by atoms with E-state index in [0.717, 1.165) is 6.42 Å². The molecule has 0 rings (SSSR count). The quantitative estimate of drug-likeness (QED) is 0.457. The van der Waals surface area contributed by atoms with Crippen molar-refractivity contribution in [2.75, 3.05) is 39.6 Å². The van der Waals surface area contributed by atoms with Gasteiger partial charge in [0.25, 0.3) is 0 Å². The fourth-order valence-electron chi connectivity index (χ4n) is 1.82. The molecule has 0 aliphatic heterocycles. The van der Waals surface area contributed by atoms with Crippen LogP contribution in [0.3, 0.4) is 0 Å². The largest absolute Gasteiger partial charge is 0.379 e. The molecule has 0 bridgehead atoms. The zero-order chi connectivity index (χ0) is 16.3. The van der Waals surface area contributed by atoms with Gasteiger partial charge in [-0.2, -0.15) is 0 Å². The van der Waals surface area contributed by atoms with Crippen molar-refractivity contribution in [3.8, 4) is 0 Å². The Kier molecular flexibility index (Phi) is 11.2. The first-order valence-corrected chi connectivity index (χ1v) is 7.81. The molecule has 0 fully saturated rings. The van der Waals surface area contributed by atoms with Crippen LogP contribution >= 0.6 is 0 Å². The van der Waals surface area contributed by atoms with Crippen LogP contribution in [0.2, 0.25) is 0 Å². The van der Waals surface area contributed by atoms with Gasteiger partial charge in [-0.05, 0) is 27.2 Å². The molecule has 3 atom stereocenters. The van der Waals surface area contributed by atoms with Gasteiger partial charge in [-0.1, -0.05) is 6.92 Å². The van der Waals surface area contributed by atoms with Gasteiger partial charge in [-0.25, -0.2) is 0 Å². The smallest absolute Gasteiger partial charge is 0.0615 e. The van der Waals surface area contributed by atoms with E-state index >= 15 is 0 Å². The second kappa shape index (κ2) is 11.3. The first-order chi connectivity index (χ1) is 9.81. The van der Waals surface area contributed by atoms with Gasteiger partial charge in [0.1, 0.15) is 0 Å². The highest BCUT2D eigenvalue weighted by Gasteiger charge is 2.30. The molecule has 0 aromatic heterocycles. The minimum Gasteiger partial charge on any atom is -0.379 e. The molecule has 0 radical (unpaired) electrons. The molecule has 128 valence electrons. The summed E-state index contributed by atoms with van der Waals surface area (Å²) in [6, 6.07) is 0.0681. The maximum Gasteiger partial charge on any atom is 0.0615 e. The highest BCUT2D eigenvalue weighted by atomic mass is 16.5. The Bertz CT molecular complexity index is 212. The third kappa shape index (κ3) is 11.0. The Morgan fingerprint density at radius 1 is 0.714 bits per heavy atom. The minimum atomic E-state index is -0.182. The Hall–Kier alpha value is -0.240. The summed E-state index contributed by atoms with van der Waals surface area (Å²) in [6.07, 6.45) is 0.893. The van der Waals surface area contributed by atoms with Crippen molar-refractivity contribution in [1.29, 1.82) is 0 Å². The van der Waals surface area contributed by atoms with Crippen molar-refractivity contribution in [2.45, 2.75) is 52.2 Å². The van der Waals surface area contributed by atoms with Crippen LogP contribution in [0.4, 0.5) is 0 Å². The van der Waals surface area contributed by atoms with E-state index in [4.69, 9.17) is 31.4 Å². The highest BCUT2D eigenvalue weighted by molar-refractivity contribution is 4.78. The molecule has 6 N–H and O–H groups in total. The molecule has 6 heteroatoms. The van der Waals surface area contributed by atoms with Gasteiger partial charge in [-0.15, -0.1) is 0 Å². The Labute approximate surface area is 129 Å². The molecule has 0 aromatic rings. The molecular weight excluding hydrogens is 270 g/mol. The summed E-state index contributed by atoms with van der Waals surface area (Å²) in [5.41, 5.74) is 17.0. The Morgan fingerprint density at radius 3 is 1.19 bits per heavy atom. The molecule has 0 heterocycles. The van der Waals surface area contributed by atoms with Crippen molar-refractivity contribution in [2.24, 2.45) is 22.6 Å². The van der Waals surface area contributed by atoms with Gasteiger partial charge in [-0.3, -0.25) is 0 Å². The van der Waals surface area contributed by atoms with Crippen LogP contribution in [0.1, 0.15) is 34.1 Å². The summed E-state index contributed by atoms with van der Waals surface area (Å²) < 4.78 is 17.2. The second-order valence-corrected chi connectivity index (χ2v) is 6.33. The third-order valence-electron chi connectivity index (χ3n) is 3.12. The van der Waals surface area contributed by atoms with Gasteiger partial charge in [0, 0.05) is 23.5 Å². The lowest BCUT2D eigenvalue weighted by molar-refractivity contribution is -0.0750. The van der Waals surface area contributed by atoms with E-state index in [1.54, 1.807) is 0 Å². The topological polar surface area (TPSA) is 106 Å². The van der Waals surface area contributed by atoms with E-state index in [1.807, 2.05) is 20.8 Å². The first kappa shape index (κ1) is 20.8. The van der Waals surface area contributed by atoms with E-state index in [0.29, 0.717) is 39.6 Å². The molecule has 0 aliphatic rings. The maximum atomic E-state index is 5.72. The molecule has 0 spiro atoms. The van der Waals surface area contributed by atoms with Crippen molar-refractivity contribution in [3.63, 3.8) is 0 Å². The molecule has 3 unspecified atom stereocenters. The monoisotopic (exact) mass is 305 g/mol. The summed E-state index contributed by atoms with van der Waals surface area (Å²) >= 11 is 0. The van der Waals surface area contributed by atoms with Crippen molar-refractivity contribution < 1.29 is 14.2 Å². The average molecular weight is 305 g/mol. The third-order valence-corrected chi connectivity index (χ3v) is 3.12. The first-order valence-electron chi connectivity index (χ1n) is 7.81. The van der Waals surface area contributed by atoms with E-state index in [-0.39, 0.29) is 23.5 Å². The molecule has 0 saturated carbocycles. The van der Waals surface area contributed by atoms with Gasteiger partial charge in [0.2, 0.25) is 0 Å². The predicted molar refractivity (Wildman–Crippen MR) is 86.1 cm³/mol. The SMILES string of the molecule is CCC(COCC(C)N)(COCC(C)N)COCC(C)N. The fraction of sp³-hybridized carbons (Fsp3) is 1.00. The van der Waals surface area contributed by atoms with Gasteiger partial charge >= 0.3 is 0 Å². The van der Waals surface area contributed by atoms with E-state index < -0.39 is 0 Å². The summed E-state index contributed by atoms with van der Waals surface area (Å²) in [4.78, 5) is 0. The average Bonchev–Trinajstić information content (AvgIpc) is 2.36. The minimum absolute atomic E-state index is 0.0227. The van der Waals surface area contributed by atoms with Crippen LogP contribution in [0, 0.1) is 5.41 Å². The van der Waals surface area contributed by atoms with Crippen LogP contribution in [-0.4, -0.2) is 57.8 Å². The Morgan fingerprint density at radius 2 is 1.00 bits per heavy atom. The van der Waals surface area contributed by atoms with Crippen LogP contribution in [-0.2, 0) is 14.2 Å². The molecule has 0 amide bonds. The lowest BCUT2D eigenvalue weighted by atomic mass is 9.88. The summed E-state index contributed by atoms with van der Waals surface area (Å²) in [5.74, 6) is 0. The molecule has 0 aliphatic carbocycles. The van der Waals surface area contributed by atoms with Crippen molar-refractivity contribution in [3.05, 3.63) is 0 Å². The summed E-state index contributed by atoms with van der Waals surface area (Å²) in [6.45, 7) is 11.1. The van der Waals surface area contributed by atoms with E-state index in [9.17, 15) is 0 Å². The summed E-state index contributed by atoms with van der Waals surface area (Å²) in [7, 11) is 0. The zero-order valence-corrected chi connectivity index (χ0v) is 14.1. The molecule has 21 heavy (non-hydrogen) atoms. The van der Waals surface area contributed by atoms with Crippen molar-refractivity contribution in [1.82, 2.24) is 0 Å². The normalized spacial score (nSPS) is 19.0. The maximum absolute atomic E-state index is 5.72. The van der Waals surface area contributed by atoms with E-state index in [2.05, 4.69) is 6.92 Å². The fourth-order valence-corrected chi connectivity index (χ4v) is 1.82. The molecule has 6 nitrogen and oxygen atoms in total. The molecule has 0 saturated heterocycles. The lowest BCUT2D eigenvalue weighted by Gasteiger charge is -2.33.